The summed E-state index contributed by atoms with van der Waals surface area (Å²) >= 11 is 0. The van der Waals surface area contributed by atoms with Gasteiger partial charge in [0.15, 0.2) is 9.84 Å². The zero-order chi connectivity index (χ0) is 10.0. The van der Waals surface area contributed by atoms with E-state index in [4.69, 9.17) is 0 Å². The van der Waals surface area contributed by atoms with E-state index in [-0.39, 0.29) is 6.04 Å². The molecule has 2 aliphatic rings. The van der Waals surface area contributed by atoms with E-state index < -0.39 is 9.84 Å². The van der Waals surface area contributed by atoms with Crippen molar-refractivity contribution in [3.63, 3.8) is 0 Å². The lowest BCUT2D eigenvalue weighted by atomic mass is 10.1. The van der Waals surface area contributed by atoms with Crippen LogP contribution >= 0.6 is 0 Å². The molecule has 2 rings (SSSR count). The molecule has 0 radical (unpaired) electrons. The highest BCUT2D eigenvalue weighted by Crippen LogP contribution is 2.26. The van der Waals surface area contributed by atoms with Crippen molar-refractivity contribution in [2.45, 2.75) is 38.1 Å². The first-order chi connectivity index (χ1) is 6.66. The van der Waals surface area contributed by atoms with Gasteiger partial charge in [-0.1, -0.05) is 12.8 Å². The second-order valence-electron chi connectivity index (χ2n) is 4.67. The molecule has 0 spiro atoms. The Morgan fingerprint density at radius 1 is 1.07 bits per heavy atom. The van der Waals surface area contributed by atoms with Gasteiger partial charge in [-0.2, -0.15) is 0 Å². The number of rotatable bonds is 4. The molecule has 0 bridgehead atoms. The monoisotopic (exact) mass is 217 g/mol. The summed E-state index contributed by atoms with van der Waals surface area (Å²) in [5.74, 6) is 1.26. The van der Waals surface area contributed by atoms with Crippen LogP contribution in [-0.2, 0) is 9.84 Å². The molecule has 1 heterocycles. The Balaban J connectivity index is 1.81. The fraction of sp³-hybridized carbons (Fsp3) is 1.00. The maximum Gasteiger partial charge on any atom is 0.152 e. The molecular formula is C10H19NO2S. The molecule has 1 aliphatic carbocycles. The average Bonchev–Trinajstić information content (AvgIpc) is 2.49. The van der Waals surface area contributed by atoms with Crippen LogP contribution < -0.4 is 5.32 Å². The van der Waals surface area contributed by atoms with Crippen LogP contribution in [0.3, 0.4) is 0 Å². The predicted molar refractivity (Wildman–Crippen MR) is 57.0 cm³/mol. The van der Waals surface area contributed by atoms with E-state index in [1.807, 2.05) is 0 Å². The molecule has 1 N–H and O–H groups in total. The standard InChI is InChI=1S/C10H19NO2S/c12-14(13,8-10-5-6-11-10)7-9-3-1-2-4-9/h9-11H,1-8H2. The number of sulfone groups is 1. The zero-order valence-corrected chi connectivity index (χ0v) is 9.35. The predicted octanol–water partition coefficient (Wildman–Crippen LogP) is 0.953. The number of hydrogen-bond donors (Lipinski definition) is 1. The Labute approximate surface area is 86.2 Å². The van der Waals surface area contributed by atoms with Crippen molar-refractivity contribution in [1.29, 1.82) is 0 Å². The molecule has 82 valence electrons. The summed E-state index contributed by atoms with van der Waals surface area (Å²) in [6.45, 7) is 0.990. The highest BCUT2D eigenvalue weighted by molar-refractivity contribution is 7.91. The Kier molecular flexibility index (Phi) is 3.12. The lowest BCUT2D eigenvalue weighted by Gasteiger charge is -2.27. The van der Waals surface area contributed by atoms with E-state index >= 15 is 0 Å². The maximum absolute atomic E-state index is 11.7. The minimum atomic E-state index is -2.79. The highest BCUT2D eigenvalue weighted by Gasteiger charge is 2.27. The average molecular weight is 217 g/mol. The quantitative estimate of drug-likeness (QED) is 0.762. The third-order valence-electron chi connectivity index (χ3n) is 3.35. The molecule has 1 saturated carbocycles. The van der Waals surface area contributed by atoms with E-state index in [1.165, 1.54) is 12.8 Å². The van der Waals surface area contributed by atoms with Gasteiger partial charge >= 0.3 is 0 Å². The van der Waals surface area contributed by atoms with E-state index in [1.54, 1.807) is 0 Å². The van der Waals surface area contributed by atoms with E-state index in [0.717, 1.165) is 25.8 Å². The Bertz CT molecular complexity index is 276. The molecule has 2 fully saturated rings. The minimum absolute atomic E-state index is 0.251. The Hall–Kier alpha value is -0.0900. The SMILES string of the molecule is O=S(=O)(CC1CCCC1)CC1CCN1. The summed E-state index contributed by atoms with van der Waals surface area (Å²) in [7, 11) is -2.79. The summed E-state index contributed by atoms with van der Waals surface area (Å²) in [5, 5.41) is 3.15. The molecule has 1 unspecified atom stereocenters. The van der Waals surface area contributed by atoms with Gasteiger partial charge in [0.05, 0.1) is 11.5 Å². The van der Waals surface area contributed by atoms with E-state index in [2.05, 4.69) is 5.32 Å². The van der Waals surface area contributed by atoms with Gasteiger partial charge in [-0.05, 0) is 31.7 Å². The first-order valence-electron chi connectivity index (χ1n) is 5.59. The smallest absolute Gasteiger partial charge is 0.152 e. The van der Waals surface area contributed by atoms with Crippen molar-refractivity contribution < 1.29 is 8.42 Å². The second kappa shape index (κ2) is 4.19. The van der Waals surface area contributed by atoms with Crippen LogP contribution in [0.15, 0.2) is 0 Å². The third kappa shape index (κ3) is 2.70. The maximum atomic E-state index is 11.7. The van der Waals surface area contributed by atoms with Gasteiger partial charge in [-0.3, -0.25) is 0 Å². The largest absolute Gasteiger partial charge is 0.313 e. The van der Waals surface area contributed by atoms with Gasteiger partial charge in [0.2, 0.25) is 0 Å². The van der Waals surface area contributed by atoms with Gasteiger partial charge in [-0.25, -0.2) is 8.42 Å². The highest BCUT2D eigenvalue weighted by atomic mass is 32.2. The number of hydrogen-bond acceptors (Lipinski definition) is 3. The van der Waals surface area contributed by atoms with Crippen LogP contribution in [0, 0.1) is 5.92 Å². The molecule has 1 saturated heterocycles. The first-order valence-corrected chi connectivity index (χ1v) is 7.42. The number of nitrogens with one attached hydrogen (secondary N) is 1. The molecule has 1 atom stereocenters. The van der Waals surface area contributed by atoms with Crippen LogP contribution in [0.2, 0.25) is 0 Å². The van der Waals surface area contributed by atoms with E-state index in [9.17, 15) is 8.42 Å². The minimum Gasteiger partial charge on any atom is -0.313 e. The summed E-state index contributed by atoms with van der Waals surface area (Å²) in [6.07, 6.45) is 5.72. The van der Waals surface area contributed by atoms with Crippen LogP contribution in [0.25, 0.3) is 0 Å². The van der Waals surface area contributed by atoms with Crippen molar-refractivity contribution in [2.75, 3.05) is 18.1 Å². The summed E-state index contributed by atoms with van der Waals surface area (Å²) < 4.78 is 23.5. The van der Waals surface area contributed by atoms with Gasteiger partial charge in [-0.15, -0.1) is 0 Å². The van der Waals surface area contributed by atoms with Crippen molar-refractivity contribution >= 4 is 9.84 Å². The van der Waals surface area contributed by atoms with Crippen molar-refractivity contribution in [1.82, 2.24) is 5.32 Å². The molecule has 0 aromatic heterocycles. The molecule has 4 heteroatoms. The van der Waals surface area contributed by atoms with Crippen LogP contribution in [-0.4, -0.2) is 32.5 Å². The van der Waals surface area contributed by atoms with Gasteiger partial charge < -0.3 is 5.32 Å². The molecule has 1 aliphatic heterocycles. The van der Waals surface area contributed by atoms with Crippen molar-refractivity contribution in [3.8, 4) is 0 Å². The van der Waals surface area contributed by atoms with Crippen LogP contribution in [0.4, 0.5) is 0 Å². The normalized spacial score (nSPS) is 29.0. The van der Waals surface area contributed by atoms with Gasteiger partial charge in [0.1, 0.15) is 0 Å². The summed E-state index contributed by atoms with van der Waals surface area (Å²) in [4.78, 5) is 0. The third-order valence-corrected chi connectivity index (χ3v) is 5.23. The summed E-state index contributed by atoms with van der Waals surface area (Å²) in [6, 6.07) is 0.251. The zero-order valence-electron chi connectivity index (χ0n) is 8.54. The first kappa shape index (κ1) is 10.4. The van der Waals surface area contributed by atoms with Crippen LogP contribution in [0.5, 0.6) is 0 Å². The van der Waals surface area contributed by atoms with Crippen molar-refractivity contribution in [2.24, 2.45) is 5.92 Å². The Morgan fingerprint density at radius 3 is 2.21 bits per heavy atom. The Morgan fingerprint density at radius 2 is 1.71 bits per heavy atom. The lowest BCUT2D eigenvalue weighted by molar-refractivity contribution is 0.397. The van der Waals surface area contributed by atoms with Crippen molar-refractivity contribution in [3.05, 3.63) is 0 Å². The fourth-order valence-electron chi connectivity index (χ4n) is 2.40. The van der Waals surface area contributed by atoms with E-state index in [0.29, 0.717) is 17.4 Å². The molecule has 14 heavy (non-hydrogen) atoms. The lowest BCUT2D eigenvalue weighted by Crippen LogP contribution is -2.47. The molecule has 0 amide bonds. The molecule has 0 aromatic rings. The topological polar surface area (TPSA) is 46.2 Å². The van der Waals surface area contributed by atoms with Gasteiger partial charge in [0, 0.05) is 6.04 Å². The van der Waals surface area contributed by atoms with Crippen LogP contribution in [0.1, 0.15) is 32.1 Å². The van der Waals surface area contributed by atoms with Gasteiger partial charge in [0.25, 0.3) is 0 Å². The molecular weight excluding hydrogens is 198 g/mol. The molecule has 3 nitrogen and oxygen atoms in total. The fourth-order valence-corrected chi connectivity index (χ4v) is 4.49. The second-order valence-corrected chi connectivity index (χ2v) is 6.82. The summed E-state index contributed by atoms with van der Waals surface area (Å²) in [5.41, 5.74) is 0. The molecule has 0 aromatic carbocycles.